The van der Waals surface area contributed by atoms with Gasteiger partial charge in [-0.1, -0.05) is 19.1 Å². The summed E-state index contributed by atoms with van der Waals surface area (Å²) >= 11 is 0. The Hall–Kier alpha value is -1.57. The molecule has 130 valence electrons. The molecule has 1 aliphatic rings. The minimum atomic E-state index is 0. The smallest absolute Gasteiger partial charge is 0.194 e. The van der Waals surface area contributed by atoms with Gasteiger partial charge in [0.05, 0.1) is 5.69 Å². The zero-order valence-corrected chi connectivity index (χ0v) is 16.6. The lowest BCUT2D eigenvalue weighted by molar-refractivity contribution is 0.461. The summed E-state index contributed by atoms with van der Waals surface area (Å²) in [7, 11) is 0. The number of halogens is 1. The summed E-state index contributed by atoms with van der Waals surface area (Å²) in [4.78, 5) is 8.75. The predicted octanol–water partition coefficient (Wildman–Crippen LogP) is 3.97. The van der Waals surface area contributed by atoms with Gasteiger partial charge in [0, 0.05) is 12.1 Å². The van der Waals surface area contributed by atoms with Crippen LogP contribution in [0.25, 0.3) is 0 Å². The zero-order chi connectivity index (χ0) is 16.2. The normalized spacial score (nSPS) is 14.0. The highest BCUT2D eigenvalue weighted by molar-refractivity contribution is 14.0. The van der Waals surface area contributed by atoms with Crippen molar-refractivity contribution >= 4 is 35.6 Å². The number of hydrogen-bond acceptors (Lipinski definition) is 3. The first-order valence-corrected chi connectivity index (χ1v) is 8.30. The topological polar surface area (TPSA) is 76.4 Å². The van der Waals surface area contributed by atoms with Crippen molar-refractivity contribution in [3.8, 4) is 0 Å². The van der Waals surface area contributed by atoms with Gasteiger partial charge in [0.25, 0.3) is 0 Å². The number of aliphatic imine (C=N–C) groups is 1. The van der Waals surface area contributed by atoms with Crippen molar-refractivity contribution in [1.82, 2.24) is 4.98 Å². The maximum atomic E-state index is 6.05. The molecule has 1 aliphatic carbocycles. The van der Waals surface area contributed by atoms with E-state index in [0.29, 0.717) is 12.5 Å². The van der Waals surface area contributed by atoms with E-state index in [4.69, 9.17) is 10.2 Å². The molecule has 1 heterocycles. The Morgan fingerprint density at radius 3 is 2.88 bits per heavy atom. The van der Waals surface area contributed by atoms with Crippen LogP contribution < -0.4 is 11.1 Å². The van der Waals surface area contributed by atoms with Gasteiger partial charge in [-0.3, -0.25) is 0 Å². The summed E-state index contributed by atoms with van der Waals surface area (Å²) in [6.07, 6.45) is 5.55. The summed E-state index contributed by atoms with van der Waals surface area (Å²) in [6.45, 7) is 4.37. The lowest BCUT2D eigenvalue weighted by Gasteiger charge is -2.19. The molecular weight excluding hydrogens is 415 g/mol. The van der Waals surface area contributed by atoms with Gasteiger partial charge in [0.2, 0.25) is 0 Å². The van der Waals surface area contributed by atoms with Crippen molar-refractivity contribution < 1.29 is 4.42 Å². The van der Waals surface area contributed by atoms with E-state index >= 15 is 0 Å². The number of aromatic nitrogens is 1. The zero-order valence-electron chi connectivity index (χ0n) is 14.3. The quantitative estimate of drug-likeness (QED) is 0.429. The summed E-state index contributed by atoms with van der Waals surface area (Å²) < 4.78 is 5.65. The molecule has 0 aliphatic heterocycles. The fourth-order valence-electron chi connectivity index (χ4n) is 3.02. The number of nitrogens with two attached hydrogens (primary N) is 1. The number of anilines is 1. The highest BCUT2D eigenvalue weighted by Crippen LogP contribution is 2.27. The van der Waals surface area contributed by atoms with Crippen LogP contribution in [-0.2, 0) is 25.8 Å². The average Bonchev–Trinajstić information content (AvgIpc) is 2.93. The predicted molar refractivity (Wildman–Crippen MR) is 108 cm³/mol. The van der Waals surface area contributed by atoms with Gasteiger partial charge in [-0.05, 0) is 49.8 Å². The van der Waals surface area contributed by atoms with Crippen molar-refractivity contribution in [2.24, 2.45) is 10.7 Å². The van der Waals surface area contributed by atoms with Gasteiger partial charge >= 0.3 is 0 Å². The molecule has 0 amide bonds. The third-order valence-corrected chi connectivity index (χ3v) is 4.29. The maximum Gasteiger partial charge on any atom is 0.194 e. The third-order valence-electron chi connectivity index (χ3n) is 4.29. The van der Waals surface area contributed by atoms with Gasteiger partial charge in [-0.2, -0.15) is 0 Å². The SMILES string of the molecule is CCc1nc(C)c(CN=C(N)Nc2cccc3c2CCCC3)o1.I. The van der Waals surface area contributed by atoms with E-state index in [0.717, 1.165) is 42.3 Å². The number of hydrogen-bond donors (Lipinski definition) is 2. The van der Waals surface area contributed by atoms with Gasteiger partial charge in [0.1, 0.15) is 12.3 Å². The molecule has 3 rings (SSSR count). The number of benzene rings is 1. The van der Waals surface area contributed by atoms with Crippen molar-refractivity contribution in [3.63, 3.8) is 0 Å². The molecule has 1 aromatic heterocycles. The van der Waals surface area contributed by atoms with Crippen LogP contribution in [0.15, 0.2) is 27.6 Å². The second kappa shape index (κ2) is 8.50. The number of nitrogens with zero attached hydrogens (tertiary/aromatic N) is 2. The van der Waals surface area contributed by atoms with E-state index in [1.807, 2.05) is 13.8 Å². The third kappa shape index (κ3) is 4.28. The molecule has 2 aromatic rings. The second-order valence-corrected chi connectivity index (χ2v) is 5.95. The van der Waals surface area contributed by atoms with Crippen molar-refractivity contribution in [3.05, 3.63) is 46.7 Å². The van der Waals surface area contributed by atoms with Crippen LogP contribution in [0.2, 0.25) is 0 Å². The second-order valence-electron chi connectivity index (χ2n) is 5.95. The molecule has 0 saturated carbocycles. The van der Waals surface area contributed by atoms with Crippen LogP contribution in [0.3, 0.4) is 0 Å². The van der Waals surface area contributed by atoms with E-state index < -0.39 is 0 Å². The Kier molecular flexibility index (Phi) is 6.65. The minimum Gasteiger partial charge on any atom is -0.443 e. The van der Waals surface area contributed by atoms with Crippen LogP contribution in [0.1, 0.15) is 48.2 Å². The molecule has 24 heavy (non-hydrogen) atoms. The Morgan fingerprint density at radius 2 is 2.12 bits per heavy atom. The first kappa shape index (κ1) is 18.8. The fraction of sp³-hybridized carbons (Fsp3) is 0.444. The molecule has 0 spiro atoms. The Labute approximate surface area is 160 Å². The van der Waals surface area contributed by atoms with E-state index in [1.54, 1.807) is 0 Å². The van der Waals surface area contributed by atoms with Gasteiger partial charge in [-0.15, -0.1) is 24.0 Å². The van der Waals surface area contributed by atoms with Crippen molar-refractivity contribution in [2.75, 3.05) is 5.32 Å². The molecule has 0 radical (unpaired) electrons. The number of rotatable bonds is 4. The van der Waals surface area contributed by atoms with Crippen molar-refractivity contribution in [2.45, 2.75) is 52.5 Å². The summed E-state index contributed by atoms with van der Waals surface area (Å²) in [5.74, 6) is 1.94. The maximum absolute atomic E-state index is 6.05. The monoisotopic (exact) mass is 440 g/mol. The molecule has 6 heteroatoms. The standard InChI is InChI=1S/C18H24N4O.HI/c1-3-17-21-12(2)16(23-17)11-20-18(19)22-15-10-6-8-13-7-4-5-9-14(13)15;/h6,8,10H,3-5,7,9,11H2,1-2H3,(H3,19,20,22);1H. The molecule has 3 N–H and O–H groups in total. The van der Waals surface area contributed by atoms with E-state index in [-0.39, 0.29) is 24.0 Å². The van der Waals surface area contributed by atoms with E-state index in [2.05, 4.69) is 33.5 Å². The molecule has 5 nitrogen and oxygen atoms in total. The molecule has 0 bridgehead atoms. The number of aryl methyl sites for hydroxylation is 3. The van der Waals surface area contributed by atoms with E-state index in [9.17, 15) is 0 Å². The lowest BCUT2D eigenvalue weighted by Crippen LogP contribution is -2.24. The largest absolute Gasteiger partial charge is 0.443 e. The molecular formula is C18H25IN4O. The molecule has 0 fully saturated rings. The Morgan fingerprint density at radius 1 is 1.33 bits per heavy atom. The van der Waals surface area contributed by atoms with Gasteiger partial charge < -0.3 is 15.5 Å². The van der Waals surface area contributed by atoms with Crippen LogP contribution in [0, 0.1) is 6.92 Å². The average molecular weight is 440 g/mol. The number of oxazole rings is 1. The summed E-state index contributed by atoms with van der Waals surface area (Å²) in [5.41, 5.74) is 10.8. The van der Waals surface area contributed by atoms with Crippen LogP contribution in [0.4, 0.5) is 5.69 Å². The minimum absolute atomic E-state index is 0. The number of nitrogens with one attached hydrogen (secondary N) is 1. The van der Waals surface area contributed by atoms with Gasteiger partial charge in [-0.25, -0.2) is 9.98 Å². The molecule has 0 atom stereocenters. The first-order valence-electron chi connectivity index (χ1n) is 8.30. The molecule has 0 unspecified atom stereocenters. The highest BCUT2D eigenvalue weighted by atomic mass is 127. The summed E-state index contributed by atoms with van der Waals surface area (Å²) in [5, 5.41) is 3.25. The molecule has 1 aromatic carbocycles. The van der Waals surface area contributed by atoms with Crippen LogP contribution in [-0.4, -0.2) is 10.9 Å². The lowest BCUT2D eigenvalue weighted by atomic mass is 9.90. The molecule has 0 saturated heterocycles. The van der Waals surface area contributed by atoms with Crippen LogP contribution >= 0.6 is 24.0 Å². The Balaban J connectivity index is 0.00000208. The van der Waals surface area contributed by atoms with E-state index in [1.165, 1.54) is 24.0 Å². The van der Waals surface area contributed by atoms with Crippen LogP contribution in [0.5, 0.6) is 0 Å². The Bertz CT molecular complexity index is 724. The van der Waals surface area contributed by atoms with Gasteiger partial charge in [0.15, 0.2) is 11.9 Å². The van der Waals surface area contributed by atoms with Crippen molar-refractivity contribution in [1.29, 1.82) is 0 Å². The number of fused-ring (bicyclic) bond motifs is 1. The summed E-state index contributed by atoms with van der Waals surface area (Å²) in [6, 6.07) is 6.35. The number of guanidine groups is 1. The first-order chi connectivity index (χ1) is 11.2. The fourth-order valence-corrected chi connectivity index (χ4v) is 3.02. The highest BCUT2D eigenvalue weighted by Gasteiger charge is 2.13.